The molecule has 1 unspecified atom stereocenters. The smallest absolute Gasteiger partial charge is 0.224 e. The van der Waals surface area contributed by atoms with Crippen molar-refractivity contribution in [3.8, 4) is 0 Å². The number of hydrogen-bond acceptors (Lipinski definition) is 6. The molecule has 7 heteroatoms. The van der Waals surface area contributed by atoms with Gasteiger partial charge in [-0.1, -0.05) is 31.1 Å². The number of allylic oxidation sites excluding steroid dienone is 1. The third-order valence-corrected chi connectivity index (χ3v) is 9.70. The molecule has 7 nitrogen and oxygen atoms in total. The van der Waals surface area contributed by atoms with E-state index in [1.807, 2.05) is 6.08 Å². The molecule has 4 N–H and O–H groups in total. The Morgan fingerprint density at radius 1 is 1.26 bits per heavy atom. The molecule has 4 aliphatic rings. The summed E-state index contributed by atoms with van der Waals surface area (Å²) in [5.74, 6) is -1.19. The number of carbonyl (C=O) groups is 2. The van der Waals surface area contributed by atoms with E-state index in [-0.39, 0.29) is 24.2 Å². The van der Waals surface area contributed by atoms with Crippen LogP contribution in [0.25, 0.3) is 0 Å². The fourth-order valence-electron chi connectivity index (χ4n) is 7.82. The second-order valence-electron chi connectivity index (χ2n) is 11.3. The lowest BCUT2D eigenvalue weighted by atomic mass is 9.58. The van der Waals surface area contributed by atoms with Gasteiger partial charge in [0.05, 0.1) is 23.0 Å². The first-order valence-corrected chi connectivity index (χ1v) is 12.8. The van der Waals surface area contributed by atoms with Gasteiger partial charge in [0.1, 0.15) is 11.9 Å². The summed E-state index contributed by atoms with van der Waals surface area (Å²) in [6, 6.07) is 0. The van der Waals surface area contributed by atoms with Crippen molar-refractivity contribution in [3.05, 3.63) is 23.8 Å². The van der Waals surface area contributed by atoms with E-state index in [0.717, 1.165) is 43.3 Å². The summed E-state index contributed by atoms with van der Waals surface area (Å²) >= 11 is 0. The van der Waals surface area contributed by atoms with Gasteiger partial charge in [-0.15, -0.1) is 0 Å². The number of hydrogen-bond donors (Lipinski definition) is 4. The minimum atomic E-state index is -1.16. The maximum Gasteiger partial charge on any atom is 0.224 e. The highest BCUT2D eigenvalue weighted by atomic mass is 16.5. The molecule has 190 valence electrons. The van der Waals surface area contributed by atoms with Crippen LogP contribution in [0.4, 0.5) is 0 Å². The molecule has 0 aliphatic heterocycles. The molecular weight excluding hydrogens is 434 g/mol. The Labute approximate surface area is 202 Å². The summed E-state index contributed by atoms with van der Waals surface area (Å²) in [4.78, 5) is 27.0. The first kappa shape index (κ1) is 25.5. The Balaban J connectivity index is 1.73. The molecule has 0 aromatic heterocycles. The van der Waals surface area contributed by atoms with Crippen molar-refractivity contribution in [2.24, 2.45) is 28.6 Å². The number of unbranched alkanes of at least 4 members (excludes halogenated alkanes) is 3. The van der Waals surface area contributed by atoms with Crippen molar-refractivity contribution in [2.75, 3.05) is 20.3 Å². The Bertz CT molecular complexity index is 884. The number of methoxy groups -OCH3 is 1. The summed E-state index contributed by atoms with van der Waals surface area (Å²) in [7, 11) is 1.54. The highest BCUT2D eigenvalue weighted by molar-refractivity contribution is 5.88. The van der Waals surface area contributed by atoms with Crippen LogP contribution in [0.3, 0.4) is 0 Å². The van der Waals surface area contributed by atoms with Gasteiger partial charge in [-0.2, -0.15) is 0 Å². The third kappa shape index (κ3) is 3.62. The lowest BCUT2D eigenvalue weighted by molar-refractivity contribution is -0.152. The SMILES string of the molecule is C=C1C[C@]23C[C@@]1(O)CC[C@H]2C1=C[C@@H](OC)[C@H](O)[C@@](C)(C(C)=O)C1[C@@H]3C(=O)NCCCCCCO. The van der Waals surface area contributed by atoms with Crippen LogP contribution in [-0.4, -0.2) is 65.1 Å². The molecule has 0 saturated heterocycles. The van der Waals surface area contributed by atoms with Crippen molar-refractivity contribution in [1.29, 1.82) is 0 Å². The molecule has 8 atom stereocenters. The van der Waals surface area contributed by atoms with E-state index < -0.39 is 40.5 Å². The molecule has 2 bridgehead atoms. The molecule has 4 aliphatic carbocycles. The quantitative estimate of drug-likeness (QED) is 0.300. The summed E-state index contributed by atoms with van der Waals surface area (Å²) < 4.78 is 5.60. The average Bonchev–Trinajstić information content (AvgIpc) is 3.18. The zero-order chi connectivity index (χ0) is 24.9. The molecular formula is C27H41NO6. The van der Waals surface area contributed by atoms with E-state index in [1.165, 1.54) is 14.0 Å². The largest absolute Gasteiger partial charge is 0.396 e. The van der Waals surface area contributed by atoms with Crippen LogP contribution >= 0.6 is 0 Å². The molecule has 1 amide bonds. The molecule has 4 rings (SSSR count). The lowest BCUT2D eigenvalue weighted by Gasteiger charge is -2.47. The molecule has 0 aromatic rings. The molecule has 1 spiro atoms. The number of aliphatic hydroxyl groups excluding tert-OH is 2. The predicted molar refractivity (Wildman–Crippen MR) is 128 cm³/mol. The van der Waals surface area contributed by atoms with Gasteiger partial charge in [0.15, 0.2) is 0 Å². The van der Waals surface area contributed by atoms with Crippen LogP contribution in [0.2, 0.25) is 0 Å². The average molecular weight is 476 g/mol. The van der Waals surface area contributed by atoms with Crippen LogP contribution < -0.4 is 5.32 Å². The van der Waals surface area contributed by atoms with Gasteiger partial charge in [-0.3, -0.25) is 9.59 Å². The molecule has 0 radical (unpaired) electrons. The number of amides is 1. The minimum Gasteiger partial charge on any atom is -0.396 e. The molecule has 3 saturated carbocycles. The zero-order valence-electron chi connectivity index (χ0n) is 20.8. The van der Waals surface area contributed by atoms with E-state index in [2.05, 4.69) is 11.9 Å². The van der Waals surface area contributed by atoms with Crippen LogP contribution in [0.1, 0.15) is 65.2 Å². The van der Waals surface area contributed by atoms with Gasteiger partial charge in [-0.05, 0) is 69.3 Å². The van der Waals surface area contributed by atoms with Gasteiger partial charge in [0.2, 0.25) is 5.91 Å². The monoisotopic (exact) mass is 475 g/mol. The topological polar surface area (TPSA) is 116 Å². The van der Waals surface area contributed by atoms with Gasteiger partial charge < -0.3 is 25.4 Å². The number of ketones is 1. The highest BCUT2D eigenvalue weighted by Crippen LogP contribution is 2.73. The van der Waals surface area contributed by atoms with E-state index in [4.69, 9.17) is 9.84 Å². The van der Waals surface area contributed by atoms with Crippen LogP contribution in [0.5, 0.6) is 0 Å². The van der Waals surface area contributed by atoms with E-state index in [1.54, 1.807) is 6.92 Å². The van der Waals surface area contributed by atoms with Crippen molar-refractivity contribution in [2.45, 2.75) is 83.0 Å². The summed E-state index contributed by atoms with van der Waals surface area (Å²) in [5, 5.41) is 34.7. The number of nitrogens with one attached hydrogen (secondary N) is 1. The maximum absolute atomic E-state index is 13.9. The predicted octanol–water partition coefficient (Wildman–Crippen LogP) is 2.29. The molecule has 0 heterocycles. The number of aliphatic hydroxyl groups is 3. The fraction of sp³-hybridized carbons (Fsp3) is 0.778. The Kier molecular flexibility index (Phi) is 6.88. The summed E-state index contributed by atoms with van der Waals surface area (Å²) in [6.07, 6.45) is 6.04. The standard InChI is InChI=1S/C27H41NO6/c1-16-14-26-15-27(16,33)10-9-19(26)18-13-20(34-4)23(31)25(3,17(2)30)21(18)22(26)24(32)28-11-7-5-6-8-12-29/h13,19-23,29,31,33H,1,5-12,14-15H2,2-4H3,(H,28,32)/t19-,20+,21?,22+,23-,25-,26-,27-/m0/s1. The van der Waals surface area contributed by atoms with Gasteiger partial charge in [0, 0.05) is 26.2 Å². The first-order valence-electron chi connectivity index (χ1n) is 12.8. The fourth-order valence-corrected chi connectivity index (χ4v) is 7.82. The molecule has 0 aromatic carbocycles. The van der Waals surface area contributed by atoms with Crippen LogP contribution in [0.15, 0.2) is 23.8 Å². The minimum absolute atomic E-state index is 0.0427. The Morgan fingerprint density at radius 2 is 1.97 bits per heavy atom. The number of rotatable bonds is 9. The van der Waals surface area contributed by atoms with Gasteiger partial charge in [-0.25, -0.2) is 0 Å². The number of ether oxygens (including phenoxy) is 1. The first-order chi connectivity index (χ1) is 16.1. The van der Waals surface area contributed by atoms with Crippen LogP contribution in [0, 0.1) is 28.6 Å². The zero-order valence-corrected chi connectivity index (χ0v) is 20.8. The van der Waals surface area contributed by atoms with Crippen molar-refractivity contribution >= 4 is 11.7 Å². The van der Waals surface area contributed by atoms with Gasteiger partial charge >= 0.3 is 0 Å². The van der Waals surface area contributed by atoms with Crippen molar-refractivity contribution in [3.63, 3.8) is 0 Å². The normalized spacial score (nSPS) is 42.7. The summed E-state index contributed by atoms with van der Waals surface area (Å²) in [5.41, 5.74) is -0.832. The third-order valence-electron chi connectivity index (χ3n) is 9.70. The second kappa shape index (κ2) is 9.16. The second-order valence-corrected chi connectivity index (χ2v) is 11.3. The number of Topliss-reactive ketones (excluding diaryl/α,β-unsaturated/α-hetero) is 1. The number of carbonyl (C=O) groups excluding carboxylic acids is 2. The highest BCUT2D eigenvalue weighted by Gasteiger charge is 2.72. The van der Waals surface area contributed by atoms with Crippen molar-refractivity contribution < 1.29 is 29.6 Å². The number of fused-ring (bicyclic) bond motifs is 3. The van der Waals surface area contributed by atoms with E-state index in [9.17, 15) is 19.8 Å². The van der Waals surface area contributed by atoms with E-state index >= 15 is 0 Å². The Morgan fingerprint density at radius 3 is 2.62 bits per heavy atom. The lowest BCUT2D eigenvalue weighted by Crippen LogP contribution is -2.57. The maximum atomic E-state index is 13.9. The molecule has 34 heavy (non-hydrogen) atoms. The van der Waals surface area contributed by atoms with Crippen LogP contribution in [-0.2, 0) is 14.3 Å². The summed E-state index contributed by atoms with van der Waals surface area (Å²) in [6.45, 7) is 8.18. The van der Waals surface area contributed by atoms with E-state index in [0.29, 0.717) is 25.8 Å². The molecule has 3 fully saturated rings. The van der Waals surface area contributed by atoms with Crippen molar-refractivity contribution in [1.82, 2.24) is 5.32 Å². The Hall–Kier alpha value is -1.54. The van der Waals surface area contributed by atoms with Gasteiger partial charge in [0.25, 0.3) is 0 Å².